The van der Waals surface area contributed by atoms with Crippen molar-refractivity contribution in [3.05, 3.63) is 59.6 Å². The van der Waals surface area contributed by atoms with Crippen LogP contribution in [0.15, 0.2) is 54.6 Å². The van der Waals surface area contributed by atoms with Crippen LogP contribution in [0, 0.1) is 0 Å². The fourth-order valence-electron chi connectivity index (χ4n) is 3.69. The van der Waals surface area contributed by atoms with Crippen molar-refractivity contribution in [2.75, 3.05) is 36.0 Å². The molecule has 6 heteroatoms. The lowest BCUT2D eigenvalue weighted by Gasteiger charge is -2.38. The van der Waals surface area contributed by atoms with Crippen molar-refractivity contribution >= 4 is 34.8 Å². The Labute approximate surface area is 157 Å². The molecule has 0 aromatic heterocycles. The zero-order valence-electron chi connectivity index (χ0n) is 14.3. The van der Waals surface area contributed by atoms with Crippen LogP contribution in [-0.2, 0) is 9.59 Å². The first-order valence-corrected chi connectivity index (χ1v) is 9.18. The monoisotopic (exact) mass is 369 g/mol. The number of amides is 2. The van der Waals surface area contributed by atoms with Gasteiger partial charge in [-0.15, -0.1) is 0 Å². The van der Waals surface area contributed by atoms with Crippen molar-refractivity contribution < 1.29 is 9.59 Å². The molecule has 2 amide bonds. The van der Waals surface area contributed by atoms with E-state index in [1.807, 2.05) is 18.2 Å². The number of carbonyl (C=O) groups is 2. The van der Waals surface area contributed by atoms with Crippen LogP contribution in [0.4, 0.5) is 11.4 Å². The molecule has 0 bridgehead atoms. The SMILES string of the molecule is O=C1C[C@H](N2CCN(c3ccccc3)CC2)C(=O)N1c1ccc(Cl)cc1. The van der Waals surface area contributed by atoms with Crippen LogP contribution < -0.4 is 9.80 Å². The highest BCUT2D eigenvalue weighted by atomic mass is 35.5. The summed E-state index contributed by atoms with van der Waals surface area (Å²) >= 11 is 5.90. The van der Waals surface area contributed by atoms with E-state index in [9.17, 15) is 9.59 Å². The summed E-state index contributed by atoms with van der Waals surface area (Å²) in [6.07, 6.45) is 0.243. The van der Waals surface area contributed by atoms with E-state index in [2.05, 4.69) is 21.9 Å². The molecule has 134 valence electrons. The lowest BCUT2D eigenvalue weighted by Crippen LogP contribution is -2.52. The molecule has 4 rings (SSSR count). The van der Waals surface area contributed by atoms with Crippen LogP contribution in [-0.4, -0.2) is 48.9 Å². The minimum Gasteiger partial charge on any atom is -0.369 e. The normalized spacial score (nSPS) is 21.5. The molecular formula is C20H20ClN3O2. The van der Waals surface area contributed by atoms with E-state index in [1.165, 1.54) is 10.6 Å². The molecule has 0 aliphatic carbocycles. The summed E-state index contributed by atoms with van der Waals surface area (Å²) in [5, 5.41) is 0.585. The average molecular weight is 370 g/mol. The second-order valence-corrected chi connectivity index (χ2v) is 7.06. The Balaban J connectivity index is 1.44. The van der Waals surface area contributed by atoms with Gasteiger partial charge >= 0.3 is 0 Å². The Bertz CT molecular complexity index is 802. The number of benzene rings is 2. The summed E-state index contributed by atoms with van der Waals surface area (Å²) in [4.78, 5) is 31.1. The number of hydrogen-bond donors (Lipinski definition) is 0. The van der Waals surface area contributed by atoms with Gasteiger partial charge in [-0.05, 0) is 36.4 Å². The molecule has 0 spiro atoms. The molecule has 2 saturated heterocycles. The van der Waals surface area contributed by atoms with Crippen LogP contribution in [0.3, 0.4) is 0 Å². The standard InChI is InChI=1S/C20H20ClN3O2/c21-15-6-8-17(9-7-15)24-19(25)14-18(20(24)26)23-12-10-22(11-13-23)16-4-2-1-3-5-16/h1-9,18H,10-14H2/t18-/m0/s1. The smallest absolute Gasteiger partial charge is 0.251 e. The highest BCUT2D eigenvalue weighted by Gasteiger charge is 2.43. The van der Waals surface area contributed by atoms with Crippen LogP contribution in [0.5, 0.6) is 0 Å². The molecular weight excluding hydrogens is 350 g/mol. The molecule has 0 N–H and O–H groups in total. The van der Waals surface area contributed by atoms with E-state index in [-0.39, 0.29) is 24.3 Å². The van der Waals surface area contributed by atoms with Crippen molar-refractivity contribution in [2.45, 2.75) is 12.5 Å². The maximum Gasteiger partial charge on any atom is 0.251 e. The van der Waals surface area contributed by atoms with Crippen molar-refractivity contribution in [3.63, 3.8) is 0 Å². The zero-order valence-corrected chi connectivity index (χ0v) is 15.1. The topological polar surface area (TPSA) is 43.9 Å². The molecule has 2 aliphatic rings. The lowest BCUT2D eigenvalue weighted by molar-refractivity contribution is -0.123. The number of nitrogens with zero attached hydrogens (tertiary/aromatic N) is 3. The van der Waals surface area contributed by atoms with Gasteiger partial charge in [-0.1, -0.05) is 29.8 Å². The number of rotatable bonds is 3. The van der Waals surface area contributed by atoms with E-state index in [0.717, 1.165) is 26.2 Å². The van der Waals surface area contributed by atoms with Crippen LogP contribution in [0.2, 0.25) is 5.02 Å². The van der Waals surface area contributed by atoms with E-state index in [4.69, 9.17) is 11.6 Å². The molecule has 26 heavy (non-hydrogen) atoms. The summed E-state index contributed by atoms with van der Waals surface area (Å²) in [5.74, 6) is -0.279. The molecule has 2 aromatic carbocycles. The van der Waals surface area contributed by atoms with Gasteiger partial charge in [-0.25, -0.2) is 4.90 Å². The Morgan fingerprint density at radius 3 is 2.12 bits per heavy atom. The van der Waals surface area contributed by atoms with E-state index in [1.54, 1.807) is 24.3 Å². The number of anilines is 2. The summed E-state index contributed by atoms with van der Waals surface area (Å²) in [6, 6.07) is 16.7. The highest BCUT2D eigenvalue weighted by Crippen LogP contribution is 2.28. The Kier molecular flexibility index (Phi) is 4.66. The van der Waals surface area contributed by atoms with Gasteiger partial charge in [-0.2, -0.15) is 0 Å². The second kappa shape index (κ2) is 7.09. The van der Waals surface area contributed by atoms with Gasteiger partial charge in [0.25, 0.3) is 5.91 Å². The number of carbonyl (C=O) groups excluding carboxylic acids is 2. The molecule has 0 saturated carbocycles. The fraction of sp³-hybridized carbons (Fsp3) is 0.300. The van der Waals surface area contributed by atoms with Gasteiger partial charge in [0.05, 0.1) is 18.2 Å². The maximum absolute atomic E-state index is 12.9. The Hall–Kier alpha value is -2.37. The number of piperazine rings is 1. The van der Waals surface area contributed by atoms with E-state index in [0.29, 0.717) is 10.7 Å². The summed E-state index contributed by atoms with van der Waals surface area (Å²) < 4.78 is 0. The first kappa shape index (κ1) is 17.1. The average Bonchev–Trinajstić information content (AvgIpc) is 2.98. The third-order valence-corrected chi connectivity index (χ3v) is 5.34. The van der Waals surface area contributed by atoms with Gasteiger partial charge < -0.3 is 4.90 Å². The summed E-state index contributed by atoms with van der Waals surface area (Å²) in [7, 11) is 0. The largest absolute Gasteiger partial charge is 0.369 e. The molecule has 0 radical (unpaired) electrons. The molecule has 2 fully saturated rings. The molecule has 5 nitrogen and oxygen atoms in total. The maximum atomic E-state index is 12.9. The minimum absolute atomic E-state index is 0.134. The molecule has 0 unspecified atom stereocenters. The number of halogens is 1. The fourth-order valence-corrected chi connectivity index (χ4v) is 3.82. The summed E-state index contributed by atoms with van der Waals surface area (Å²) in [6.45, 7) is 3.24. The third kappa shape index (κ3) is 3.20. The molecule has 2 aromatic rings. The lowest BCUT2D eigenvalue weighted by atomic mass is 10.1. The Morgan fingerprint density at radius 2 is 1.46 bits per heavy atom. The van der Waals surface area contributed by atoms with E-state index >= 15 is 0 Å². The van der Waals surface area contributed by atoms with Gasteiger partial charge in [-0.3, -0.25) is 14.5 Å². The second-order valence-electron chi connectivity index (χ2n) is 6.62. The number of imide groups is 1. The van der Waals surface area contributed by atoms with Gasteiger partial charge in [0, 0.05) is 36.9 Å². The van der Waals surface area contributed by atoms with Crippen LogP contribution >= 0.6 is 11.6 Å². The zero-order chi connectivity index (χ0) is 18.1. The predicted molar refractivity (Wildman–Crippen MR) is 103 cm³/mol. The predicted octanol–water partition coefficient (Wildman–Crippen LogP) is 2.79. The van der Waals surface area contributed by atoms with Crippen molar-refractivity contribution in [1.29, 1.82) is 0 Å². The summed E-state index contributed by atoms with van der Waals surface area (Å²) in [5.41, 5.74) is 1.79. The quantitative estimate of drug-likeness (QED) is 0.780. The van der Waals surface area contributed by atoms with Gasteiger partial charge in [0.2, 0.25) is 5.91 Å². The number of hydrogen-bond acceptors (Lipinski definition) is 4. The Morgan fingerprint density at radius 1 is 0.808 bits per heavy atom. The van der Waals surface area contributed by atoms with E-state index < -0.39 is 0 Å². The van der Waals surface area contributed by atoms with Gasteiger partial charge in [0.1, 0.15) is 0 Å². The first-order chi connectivity index (χ1) is 12.6. The van der Waals surface area contributed by atoms with Crippen LogP contribution in [0.25, 0.3) is 0 Å². The molecule has 1 atom stereocenters. The minimum atomic E-state index is -0.365. The first-order valence-electron chi connectivity index (χ1n) is 8.80. The van der Waals surface area contributed by atoms with Crippen molar-refractivity contribution in [2.24, 2.45) is 0 Å². The van der Waals surface area contributed by atoms with Crippen molar-refractivity contribution in [3.8, 4) is 0 Å². The van der Waals surface area contributed by atoms with Crippen molar-refractivity contribution in [1.82, 2.24) is 4.90 Å². The number of para-hydroxylation sites is 1. The molecule has 2 aliphatic heterocycles. The van der Waals surface area contributed by atoms with Gasteiger partial charge in [0.15, 0.2) is 0 Å². The third-order valence-electron chi connectivity index (χ3n) is 5.08. The molecule has 2 heterocycles. The highest BCUT2D eigenvalue weighted by molar-refractivity contribution is 6.30. The van der Waals surface area contributed by atoms with Crippen LogP contribution in [0.1, 0.15) is 6.42 Å².